The molecule has 0 saturated carbocycles. The van der Waals surface area contributed by atoms with Gasteiger partial charge in [0.1, 0.15) is 11.8 Å². The summed E-state index contributed by atoms with van der Waals surface area (Å²) in [5.74, 6) is 0.538. The maximum atomic E-state index is 5.70. The summed E-state index contributed by atoms with van der Waals surface area (Å²) in [5, 5.41) is 4.09. The normalized spacial score (nSPS) is 9.71. The molecule has 2 rings (SSSR count). The fourth-order valence-corrected chi connectivity index (χ4v) is 1.45. The number of nitrogens with two attached hydrogens (primary N) is 1. The number of nitrogen functional groups attached to an aromatic ring is 1. The summed E-state index contributed by atoms with van der Waals surface area (Å²) in [4.78, 5) is 3.93. The summed E-state index contributed by atoms with van der Waals surface area (Å²) in [5.41, 5.74) is 8.81. The average molecular weight is 192 g/mol. The van der Waals surface area contributed by atoms with Gasteiger partial charge in [0.25, 0.3) is 0 Å². The van der Waals surface area contributed by atoms with E-state index in [1.165, 1.54) is 6.33 Å². The van der Waals surface area contributed by atoms with Crippen LogP contribution in [0.25, 0.3) is 5.52 Å². The summed E-state index contributed by atoms with van der Waals surface area (Å²) in [7, 11) is 0. The molecule has 2 aromatic rings. The van der Waals surface area contributed by atoms with Crippen LogP contribution in [0.5, 0.6) is 0 Å². The molecule has 2 N–H and O–H groups in total. The van der Waals surface area contributed by atoms with Gasteiger partial charge in [-0.2, -0.15) is 5.10 Å². The number of fused-ring (bicyclic) bond motifs is 1. The zero-order valence-electron chi connectivity index (χ0n) is 9.07. The molecule has 14 heavy (non-hydrogen) atoms. The molecule has 4 heteroatoms. The van der Waals surface area contributed by atoms with Crippen molar-refractivity contribution in [2.75, 3.05) is 5.73 Å². The smallest absolute Gasteiger partial charge is 0.151 e. The van der Waals surface area contributed by atoms with Crippen LogP contribution in [-0.4, -0.2) is 14.6 Å². The highest BCUT2D eigenvalue weighted by Gasteiger charge is 2.06. The molecular formula is C10H16N4. The Morgan fingerprint density at radius 3 is 2.50 bits per heavy atom. The van der Waals surface area contributed by atoms with Gasteiger partial charge < -0.3 is 5.73 Å². The molecule has 2 heterocycles. The molecule has 0 aliphatic carbocycles. The van der Waals surface area contributed by atoms with Crippen LogP contribution in [0.4, 0.5) is 5.82 Å². The zero-order chi connectivity index (χ0) is 10.7. The van der Waals surface area contributed by atoms with Gasteiger partial charge in [-0.1, -0.05) is 13.8 Å². The lowest BCUT2D eigenvalue weighted by Gasteiger charge is -1.98. The van der Waals surface area contributed by atoms with Crippen LogP contribution >= 0.6 is 0 Å². The number of hydrogen-bond acceptors (Lipinski definition) is 3. The number of rotatable bonds is 0. The second kappa shape index (κ2) is 4.09. The van der Waals surface area contributed by atoms with Crippen molar-refractivity contribution in [2.24, 2.45) is 0 Å². The monoisotopic (exact) mass is 192 g/mol. The van der Waals surface area contributed by atoms with Gasteiger partial charge in [0.15, 0.2) is 5.82 Å². The van der Waals surface area contributed by atoms with Gasteiger partial charge in [0.2, 0.25) is 0 Å². The lowest BCUT2D eigenvalue weighted by atomic mass is 10.3. The molecular weight excluding hydrogens is 176 g/mol. The van der Waals surface area contributed by atoms with E-state index in [1.807, 2.05) is 33.8 Å². The van der Waals surface area contributed by atoms with Crippen molar-refractivity contribution in [3.05, 3.63) is 23.7 Å². The molecule has 4 nitrogen and oxygen atoms in total. The van der Waals surface area contributed by atoms with Crippen molar-refractivity contribution in [1.82, 2.24) is 14.6 Å². The first kappa shape index (κ1) is 10.5. The van der Waals surface area contributed by atoms with Gasteiger partial charge in [0.05, 0.1) is 0 Å². The molecule has 76 valence electrons. The number of aryl methyl sites for hydroxylation is 2. The lowest BCUT2D eigenvalue weighted by molar-refractivity contribution is 0.875. The third-order valence-electron chi connectivity index (χ3n) is 1.95. The van der Waals surface area contributed by atoms with Crippen molar-refractivity contribution < 1.29 is 0 Å². The van der Waals surface area contributed by atoms with Crippen LogP contribution < -0.4 is 5.73 Å². The van der Waals surface area contributed by atoms with E-state index >= 15 is 0 Å². The Bertz CT molecular complexity index is 431. The van der Waals surface area contributed by atoms with Gasteiger partial charge in [-0.3, -0.25) is 0 Å². The van der Waals surface area contributed by atoms with Crippen molar-refractivity contribution >= 4 is 11.3 Å². The van der Waals surface area contributed by atoms with Gasteiger partial charge in [-0.25, -0.2) is 9.50 Å². The topological polar surface area (TPSA) is 56.2 Å². The Hall–Kier alpha value is -1.58. The fourth-order valence-electron chi connectivity index (χ4n) is 1.45. The Morgan fingerprint density at radius 2 is 1.93 bits per heavy atom. The SMILES string of the molecule is CC.Cc1cc(C)n2ncnc(N)c12. The molecule has 0 bridgehead atoms. The number of nitrogens with zero attached hydrogens (tertiary/aromatic N) is 3. The molecule has 0 aliphatic rings. The molecule has 0 fully saturated rings. The summed E-state index contributed by atoms with van der Waals surface area (Å²) >= 11 is 0. The highest BCUT2D eigenvalue weighted by molar-refractivity contribution is 5.70. The highest BCUT2D eigenvalue weighted by atomic mass is 15.2. The van der Waals surface area contributed by atoms with Gasteiger partial charge in [-0.05, 0) is 25.5 Å². The third kappa shape index (κ3) is 1.55. The minimum atomic E-state index is 0.538. The number of aromatic nitrogens is 3. The van der Waals surface area contributed by atoms with E-state index in [2.05, 4.69) is 10.1 Å². The molecule has 0 unspecified atom stereocenters. The maximum absolute atomic E-state index is 5.70. The predicted molar refractivity (Wildman–Crippen MR) is 58.2 cm³/mol. The fraction of sp³-hybridized carbons (Fsp3) is 0.400. The van der Waals surface area contributed by atoms with Crippen LogP contribution in [0.15, 0.2) is 12.4 Å². The van der Waals surface area contributed by atoms with Crippen LogP contribution in [0.1, 0.15) is 25.1 Å². The third-order valence-corrected chi connectivity index (χ3v) is 1.95. The molecule has 0 saturated heterocycles. The molecule has 0 aliphatic heterocycles. The Labute approximate surface area is 83.8 Å². The Balaban J connectivity index is 0.000000461. The van der Waals surface area contributed by atoms with Crippen molar-refractivity contribution in [3.8, 4) is 0 Å². The summed E-state index contributed by atoms with van der Waals surface area (Å²) in [6, 6.07) is 2.04. The predicted octanol–water partition coefficient (Wildman–Crippen LogP) is 1.95. The van der Waals surface area contributed by atoms with Crippen LogP contribution in [-0.2, 0) is 0 Å². The van der Waals surface area contributed by atoms with E-state index in [-0.39, 0.29) is 0 Å². The molecule has 0 aromatic carbocycles. The first-order chi connectivity index (χ1) is 6.70. The average Bonchev–Trinajstić information content (AvgIpc) is 2.47. The highest BCUT2D eigenvalue weighted by Crippen LogP contribution is 2.17. The van der Waals surface area contributed by atoms with Crippen LogP contribution in [0.2, 0.25) is 0 Å². The molecule has 0 radical (unpaired) electrons. The van der Waals surface area contributed by atoms with Crippen molar-refractivity contribution in [1.29, 1.82) is 0 Å². The van der Waals surface area contributed by atoms with Crippen LogP contribution in [0.3, 0.4) is 0 Å². The molecule has 0 spiro atoms. The van der Waals surface area contributed by atoms with E-state index in [9.17, 15) is 0 Å². The largest absolute Gasteiger partial charge is 0.382 e. The standard InChI is InChI=1S/C8H10N4.C2H6/c1-5-3-6(2)12-7(5)8(9)10-4-11-12;1-2/h3-4H,1-2H3,(H2,9,10,11);1-2H3. The maximum Gasteiger partial charge on any atom is 0.151 e. The molecule has 0 atom stereocenters. The van der Waals surface area contributed by atoms with E-state index in [1.54, 1.807) is 4.52 Å². The first-order valence-electron chi connectivity index (χ1n) is 4.75. The molecule has 2 aromatic heterocycles. The van der Waals surface area contributed by atoms with Crippen molar-refractivity contribution in [2.45, 2.75) is 27.7 Å². The van der Waals surface area contributed by atoms with Crippen LogP contribution in [0, 0.1) is 13.8 Å². The lowest BCUT2D eigenvalue weighted by Crippen LogP contribution is -2.00. The first-order valence-corrected chi connectivity index (χ1v) is 4.75. The zero-order valence-corrected chi connectivity index (χ0v) is 9.07. The van der Waals surface area contributed by atoms with E-state index in [0.717, 1.165) is 16.8 Å². The Kier molecular flexibility index (Phi) is 3.06. The molecule has 0 amide bonds. The van der Waals surface area contributed by atoms with E-state index in [4.69, 9.17) is 5.73 Å². The van der Waals surface area contributed by atoms with Crippen molar-refractivity contribution in [3.63, 3.8) is 0 Å². The number of hydrogen-bond donors (Lipinski definition) is 1. The van der Waals surface area contributed by atoms with Gasteiger partial charge in [0, 0.05) is 5.69 Å². The summed E-state index contributed by atoms with van der Waals surface area (Å²) in [6.45, 7) is 7.99. The number of anilines is 1. The second-order valence-corrected chi connectivity index (χ2v) is 2.87. The van der Waals surface area contributed by atoms with E-state index in [0.29, 0.717) is 5.82 Å². The van der Waals surface area contributed by atoms with E-state index < -0.39 is 0 Å². The second-order valence-electron chi connectivity index (χ2n) is 2.87. The summed E-state index contributed by atoms with van der Waals surface area (Å²) in [6.07, 6.45) is 1.47. The Morgan fingerprint density at radius 1 is 1.29 bits per heavy atom. The minimum absolute atomic E-state index is 0.538. The minimum Gasteiger partial charge on any atom is -0.382 e. The van der Waals surface area contributed by atoms with Gasteiger partial charge >= 0.3 is 0 Å². The quantitative estimate of drug-likeness (QED) is 0.694. The van der Waals surface area contributed by atoms with Gasteiger partial charge in [-0.15, -0.1) is 0 Å². The summed E-state index contributed by atoms with van der Waals surface area (Å²) < 4.78 is 1.80.